The lowest BCUT2D eigenvalue weighted by Crippen LogP contribution is -2.65. The van der Waals surface area contributed by atoms with E-state index < -0.39 is 53.2 Å². The quantitative estimate of drug-likeness (QED) is 0.0848. The summed E-state index contributed by atoms with van der Waals surface area (Å²) in [5.74, 6) is -2.39. The fourth-order valence-electron chi connectivity index (χ4n) is 6.69. The number of H-pyrrole nitrogens is 1. The number of halogens is 3. The molecule has 5 atom stereocenters. The summed E-state index contributed by atoms with van der Waals surface area (Å²) in [5.41, 5.74) is -1.00. The van der Waals surface area contributed by atoms with Crippen LogP contribution in [0.5, 0.6) is 5.75 Å². The summed E-state index contributed by atoms with van der Waals surface area (Å²) in [6, 6.07) is 8.52. The third-order valence-corrected chi connectivity index (χ3v) is 11.2. The van der Waals surface area contributed by atoms with Crippen molar-refractivity contribution in [1.29, 1.82) is 0 Å². The Labute approximate surface area is 314 Å². The van der Waals surface area contributed by atoms with Crippen LogP contribution in [0.3, 0.4) is 0 Å². The molecule has 0 radical (unpaired) electrons. The van der Waals surface area contributed by atoms with Crippen molar-refractivity contribution in [3.63, 3.8) is 0 Å². The number of aromatic amines is 1. The highest BCUT2D eigenvalue weighted by atomic mass is 32.1. The van der Waals surface area contributed by atoms with Crippen LogP contribution in [-0.2, 0) is 35.2 Å². The first kappa shape index (κ1) is 40.1. The number of para-hydroxylation sites is 1. The Balaban J connectivity index is 1.48. The number of carboxylic acid groups (broad SMARTS) is 1. The van der Waals surface area contributed by atoms with E-state index in [2.05, 4.69) is 31.2 Å². The minimum Gasteiger partial charge on any atom is -0.497 e. The molecule has 0 aliphatic heterocycles. The number of urea groups is 1. The first-order valence-corrected chi connectivity index (χ1v) is 18.7. The second-order valence-electron chi connectivity index (χ2n) is 13.8. The summed E-state index contributed by atoms with van der Waals surface area (Å²) in [5, 5.41) is 23.1. The number of aromatic nitrogens is 2. The number of rotatable bonds is 14. The fourth-order valence-corrected chi connectivity index (χ4v) is 7.66. The molecule has 6 N–H and O–H groups in total. The number of fused-ring (bicyclic) bond motifs is 3. The van der Waals surface area contributed by atoms with Crippen molar-refractivity contribution in [2.45, 2.75) is 90.1 Å². The zero-order valence-corrected chi connectivity index (χ0v) is 31.5. The Morgan fingerprint density at radius 3 is 2.35 bits per heavy atom. The molecule has 0 spiro atoms. The van der Waals surface area contributed by atoms with Crippen molar-refractivity contribution in [1.82, 2.24) is 31.2 Å². The van der Waals surface area contributed by atoms with Crippen molar-refractivity contribution in [2.24, 2.45) is 11.8 Å². The van der Waals surface area contributed by atoms with Crippen LogP contribution >= 0.6 is 11.3 Å². The van der Waals surface area contributed by atoms with Gasteiger partial charge in [0.15, 0.2) is 5.69 Å². The van der Waals surface area contributed by atoms with Crippen molar-refractivity contribution in [3.05, 3.63) is 80.9 Å². The van der Waals surface area contributed by atoms with E-state index in [0.29, 0.717) is 34.9 Å². The number of benzene rings is 2. The van der Waals surface area contributed by atoms with Gasteiger partial charge in [0.2, 0.25) is 11.8 Å². The van der Waals surface area contributed by atoms with Crippen LogP contribution in [-0.4, -0.2) is 57.6 Å². The number of aromatic carboxylic acids is 1. The molecule has 0 fully saturated rings. The molecule has 54 heavy (non-hydrogen) atoms. The summed E-state index contributed by atoms with van der Waals surface area (Å²) < 4.78 is 47.4. The minimum atomic E-state index is -4.63. The maximum Gasteiger partial charge on any atom is 0.418 e. The largest absolute Gasteiger partial charge is 0.497 e. The van der Waals surface area contributed by atoms with Gasteiger partial charge in [0.05, 0.1) is 24.2 Å². The molecule has 5 rings (SSSR count). The van der Waals surface area contributed by atoms with Gasteiger partial charge in [0.1, 0.15) is 22.3 Å². The van der Waals surface area contributed by atoms with Gasteiger partial charge in [0, 0.05) is 29.4 Å². The first-order chi connectivity index (χ1) is 25.6. The number of carbonyl (C=O) groups is 4. The number of hydrogen-bond donors (Lipinski definition) is 6. The van der Waals surface area contributed by atoms with Gasteiger partial charge in [-0.25, -0.2) is 14.6 Å². The minimum absolute atomic E-state index is 0.0219. The zero-order valence-electron chi connectivity index (χ0n) is 30.6. The monoisotopic (exact) mass is 770 g/mol. The summed E-state index contributed by atoms with van der Waals surface area (Å²) in [6.07, 6.45) is -3.55. The standard InChI is InChI=1S/C38H45F3N6O6S/c1-6-20(3)29(46-36(52)42-18-22-11-13-23(53-5)14-12-22)32(48)47-37(35(51)45-30(21(4)7-2)33-44-28(19-54-33)34(49)50)16-15-27-25(17-37)24-9-8-10-26(31(24)43-27)38(39,40)41/h8-14,19-21,29-30,43H,6-7,15-18H2,1-5H3,(H,45,51)(H,47,48)(H,49,50)(H2,42,46,52)/t20-,21-,29-,30-,37-/m0/s1. The topological polar surface area (TPSA) is 175 Å². The van der Waals surface area contributed by atoms with Crippen LogP contribution < -0.4 is 26.0 Å². The Morgan fingerprint density at radius 1 is 1.04 bits per heavy atom. The van der Waals surface area contributed by atoms with Crippen LogP contribution in [0.15, 0.2) is 47.8 Å². The Morgan fingerprint density at radius 2 is 1.74 bits per heavy atom. The molecule has 2 aromatic carbocycles. The average Bonchev–Trinajstić information content (AvgIpc) is 3.79. The van der Waals surface area contributed by atoms with Gasteiger partial charge in [-0.05, 0) is 54.0 Å². The molecule has 16 heteroatoms. The number of alkyl halides is 3. The molecule has 4 aromatic rings. The number of methoxy groups -OCH3 is 1. The second kappa shape index (κ2) is 16.5. The highest BCUT2D eigenvalue weighted by molar-refractivity contribution is 7.09. The molecule has 0 saturated carbocycles. The first-order valence-electron chi connectivity index (χ1n) is 17.8. The van der Waals surface area contributed by atoms with E-state index >= 15 is 0 Å². The molecule has 0 unspecified atom stereocenters. The average molecular weight is 771 g/mol. The van der Waals surface area contributed by atoms with E-state index in [1.807, 2.05) is 20.8 Å². The van der Waals surface area contributed by atoms with E-state index in [-0.39, 0.29) is 54.2 Å². The van der Waals surface area contributed by atoms with Gasteiger partial charge < -0.3 is 36.1 Å². The van der Waals surface area contributed by atoms with Crippen LogP contribution in [0.1, 0.15) is 90.9 Å². The summed E-state index contributed by atoms with van der Waals surface area (Å²) in [4.78, 5) is 61.1. The molecule has 2 aromatic heterocycles. The van der Waals surface area contributed by atoms with Crippen LogP contribution in [0.25, 0.3) is 10.9 Å². The highest BCUT2D eigenvalue weighted by Gasteiger charge is 2.47. The van der Waals surface area contributed by atoms with E-state index in [1.54, 1.807) is 44.4 Å². The van der Waals surface area contributed by atoms with Crippen molar-refractivity contribution < 1.29 is 42.2 Å². The molecule has 2 heterocycles. The fraction of sp³-hybridized carbons (Fsp3) is 0.447. The lowest BCUT2D eigenvalue weighted by atomic mass is 9.78. The summed E-state index contributed by atoms with van der Waals surface area (Å²) >= 11 is 1.08. The SMILES string of the molecule is CC[C@H](C)[C@H](NC(=O)NCc1ccc(OC)cc1)C(=O)N[C@@]1(C(=O)N[C@H](c2nc(C(=O)O)cs2)[C@@H](C)CC)CCc2[nH]c3c(C(F)(F)F)cccc3c2C1. The number of aryl methyl sites for hydroxylation is 1. The lowest BCUT2D eigenvalue weighted by molar-refractivity contribution is -0.136. The number of hydrogen-bond acceptors (Lipinski definition) is 7. The van der Waals surface area contributed by atoms with E-state index in [9.17, 15) is 37.5 Å². The molecular weight excluding hydrogens is 726 g/mol. The molecular formula is C38H45F3N6O6S. The molecule has 4 amide bonds. The zero-order chi connectivity index (χ0) is 39.4. The number of amides is 4. The summed E-state index contributed by atoms with van der Waals surface area (Å²) in [6.45, 7) is 7.60. The number of nitrogens with zero attached hydrogens (tertiary/aromatic N) is 1. The van der Waals surface area contributed by atoms with Gasteiger partial charge in [0.25, 0.3) is 0 Å². The van der Waals surface area contributed by atoms with E-state index in [0.717, 1.165) is 23.0 Å². The molecule has 1 aliphatic carbocycles. The van der Waals surface area contributed by atoms with Crippen molar-refractivity contribution in [3.8, 4) is 5.75 Å². The van der Waals surface area contributed by atoms with Crippen LogP contribution in [0, 0.1) is 11.8 Å². The van der Waals surface area contributed by atoms with Crippen molar-refractivity contribution in [2.75, 3.05) is 7.11 Å². The number of carboxylic acids is 1. The third kappa shape index (κ3) is 8.64. The van der Waals surface area contributed by atoms with Crippen LogP contribution in [0.2, 0.25) is 0 Å². The highest BCUT2D eigenvalue weighted by Crippen LogP contribution is 2.40. The van der Waals surface area contributed by atoms with Gasteiger partial charge in [-0.1, -0.05) is 64.8 Å². The predicted octanol–water partition coefficient (Wildman–Crippen LogP) is 6.51. The van der Waals surface area contributed by atoms with Gasteiger partial charge >= 0.3 is 18.2 Å². The van der Waals surface area contributed by atoms with Gasteiger partial charge in [-0.3, -0.25) is 9.59 Å². The number of ether oxygens (including phenoxy) is 1. The molecule has 0 saturated heterocycles. The number of thiazole rings is 1. The van der Waals surface area contributed by atoms with Crippen LogP contribution in [0.4, 0.5) is 18.0 Å². The Hall–Kier alpha value is -5.12. The molecule has 1 aliphatic rings. The maximum atomic E-state index is 14.7. The Kier molecular flexibility index (Phi) is 12.2. The van der Waals surface area contributed by atoms with Crippen molar-refractivity contribution >= 4 is 46.1 Å². The molecule has 0 bridgehead atoms. The number of carbonyl (C=O) groups excluding carboxylic acids is 3. The molecule has 12 nitrogen and oxygen atoms in total. The third-order valence-electron chi connectivity index (χ3n) is 10.3. The Bertz CT molecular complexity index is 2000. The summed E-state index contributed by atoms with van der Waals surface area (Å²) in [7, 11) is 1.55. The van der Waals surface area contributed by atoms with Gasteiger partial charge in [-0.15, -0.1) is 11.3 Å². The smallest absolute Gasteiger partial charge is 0.418 e. The van der Waals surface area contributed by atoms with E-state index in [4.69, 9.17) is 4.74 Å². The maximum absolute atomic E-state index is 14.7. The van der Waals surface area contributed by atoms with Gasteiger partial charge in [-0.2, -0.15) is 13.2 Å². The second-order valence-corrected chi connectivity index (χ2v) is 14.7. The lowest BCUT2D eigenvalue weighted by Gasteiger charge is -2.39. The number of nitrogens with one attached hydrogen (secondary N) is 5. The van der Waals surface area contributed by atoms with E-state index in [1.165, 1.54) is 11.4 Å². The predicted molar refractivity (Wildman–Crippen MR) is 197 cm³/mol. The normalized spacial score (nSPS) is 17.8. The molecule has 290 valence electrons.